The van der Waals surface area contributed by atoms with E-state index in [2.05, 4.69) is 11.4 Å². The predicted molar refractivity (Wildman–Crippen MR) is 50.1 cm³/mol. The third-order valence-corrected chi connectivity index (χ3v) is 2.40. The molecule has 1 N–H and O–H groups in total. The number of hydrogen-bond acceptors (Lipinski definition) is 2. The Kier molecular flexibility index (Phi) is 4.01. The third-order valence-electron chi connectivity index (χ3n) is 2.40. The van der Waals surface area contributed by atoms with Crippen LogP contribution in [0, 0.1) is 0 Å². The van der Waals surface area contributed by atoms with Crippen LogP contribution in [0.25, 0.3) is 0 Å². The maximum Gasteiger partial charge on any atom is 0.137 e. The van der Waals surface area contributed by atoms with E-state index in [9.17, 15) is 4.79 Å². The maximum atomic E-state index is 10.5. The van der Waals surface area contributed by atoms with Gasteiger partial charge in [-0.2, -0.15) is 0 Å². The summed E-state index contributed by atoms with van der Waals surface area (Å²) in [6.07, 6.45) is 9.18. The van der Waals surface area contributed by atoms with Crippen LogP contribution in [0.4, 0.5) is 0 Å². The molecule has 1 aliphatic rings. The van der Waals surface area contributed by atoms with E-state index < -0.39 is 0 Å². The highest BCUT2D eigenvalue weighted by Crippen LogP contribution is 2.20. The van der Waals surface area contributed by atoms with Crippen LogP contribution >= 0.6 is 0 Å². The van der Waals surface area contributed by atoms with Crippen molar-refractivity contribution in [1.29, 1.82) is 0 Å². The summed E-state index contributed by atoms with van der Waals surface area (Å²) in [5.74, 6) is 0. The summed E-state index contributed by atoms with van der Waals surface area (Å²) in [6, 6.07) is 0.0225. The molecule has 2 nitrogen and oxygen atoms in total. The Morgan fingerprint density at radius 3 is 3.00 bits per heavy atom. The van der Waals surface area contributed by atoms with Crippen molar-refractivity contribution in [2.45, 2.75) is 38.1 Å². The van der Waals surface area contributed by atoms with E-state index in [-0.39, 0.29) is 6.04 Å². The zero-order valence-electron chi connectivity index (χ0n) is 7.68. The molecular formula is C10H17NO. The predicted octanol–water partition coefficient (Wildman–Crippen LogP) is 1.66. The molecule has 1 unspecified atom stereocenters. The first-order valence-electron chi connectivity index (χ1n) is 4.67. The van der Waals surface area contributed by atoms with Gasteiger partial charge in [-0.25, -0.2) is 0 Å². The van der Waals surface area contributed by atoms with Crippen LogP contribution < -0.4 is 5.32 Å². The minimum absolute atomic E-state index is 0.0225. The largest absolute Gasteiger partial charge is 0.311 e. The highest BCUT2D eigenvalue weighted by molar-refractivity contribution is 5.58. The van der Waals surface area contributed by atoms with Crippen molar-refractivity contribution in [1.82, 2.24) is 5.32 Å². The fourth-order valence-electron chi connectivity index (χ4n) is 1.59. The second-order valence-electron chi connectivity index (χ2n) is 3.34. The van der Waals surface area contributed by atoms with Crippen molar-refractivity contribution in [3.05, 3.63) is 11.6 Å². The molecule has 0 spiro atoms. The van der Waals surface area contributed by atoms with E-state index in [1.165, 1.54) is 31.3 Å². The van der Waals surface area contributed by atoms with Crippen LogP contribution in [0.3, 0.4) is 0 Å². The minimum Gasteiger partial charge on any atom is -0.311 e. The Hall–Kier alpha value is -0.630. The summed E-state index contributed by atoms with van der Waals surface area (Å²) in [5.41, 5.74) is 1.45. The van der Waals surface area contributed by atoms with Gasteiger partial charge in [-0.1, -0.05) is 11.6 Å². The SMILES string of the molecule is CNC(C=O)CC1=CCCCC1. The van der Waals surface area contributed by atoms with Gasteiger partial charge < -0.3 is 10.1 Å². The Bertz CT molecular complexity index is 175. The van der Waals surface area contributed by atoms with E-state index in [0.717, 1.165) is 12.7 Å². The lowest BCUT2D eigenvalue weighted by Gasteiger charge is -2.15. The maximum absolute atomic E-state index is 10.5. The normalized spacial score (nSPS) is 19.9. The number of carbonyl (C=O) groups excluding carboxylic acids is 1. The smallest absolute Gasteiger partial charge is 0.137 e. The average Bonchev–Trinajstić information content (AvgIpc) is 2.16. The first kappa shape index (κ1) is 9.46. The van der Waals surface area contributed by atoms with E-state index in [4.69, 9.17) is 0 Å². The summed E-state index contributed by atoms with van der Waals surface area (Å²) < 4.78 is 0. The summed E-state index contributed by atoms with van der Waals surface area (Å²) >= 11 is 0. The van der Waals surface area contributed by atoms with Gasteiger partial charge in [0.2, 0.25) is 0 Å². The number of likely N-dealkylation sites (N-methyl/N-ethyl adjacent to an activating group) is 1. The van der Waals surface area contributed by atoms with Crippen molar-refractivity contribution in [2.24, 2.45) is 0 Å². The van der Waals surface area contributed by atoms with Crippen molar-refractivity contribution in [2.75, 3.05) is 7.05 Å². The van der Waals surface area contributed by atoms with Gasteiger partial charge in [0, 0.05) is 0 Å². The highest BCUT2D eigenvalue weighted by atomic mass is 16.1. The molecule has 0 amide bonds. The molecule has 0 bridgehead atoms. The summed E-state index contributed by atoms with van der Waals surface area (Å²) in [6.45, 7) is 0. The van der Waals surface area contributed by atoms with Gasteiger partial charge in [0.05, 0.1) is 6.04 Å². The lowest BCUT2D eigenvalue weighted by molar-refractivity contribution is -0.109. The first-order valence-corrected chi connectivity index (χ1v) is 4.67. The Labute approximate surface area is 74.0 Å². The van der Waals surface area contributed by atoms with E-state index in [0.29, 0.717) is 0 Å². The quantitative estimate of drug-likeness (QED) is 0.509. The molecule has 0 fully saturated rings. The molecule has 0 saturated heterocycles. The Morgan fingerprint density at radius 1 is 1.67 bits per heavy atom. The molecule has 0 aromatic rings. The number of nitrogens with one attached hydrogen (secondary N) is 1. The fraction of sp³-hybridized carbons (Fsp3) is 0.700. The van der Waals surface area contributed by atoms with Gasteiger partial charge in [-0.3, -0.25) is 0 Å². The summed E-state index contributed by atoms with van der Waals surface area (Å²) in [5, 5.41) is 2.99. The molecule has 0 radical (unpaired) electrons. The second kappa shape index (κ2) is 5.09. The average molecular weight is 167 g/mol. The zero-order chi connectivity index (χ0) is 8.81. The van der Waals surface area contributed by atoms with E-state index in [1.807, 2.05) is 7.05 Å². The van der Waals surface area contributed by atoms with Crippen LogP contribution in [0.2, 0.25) is 0 Å². The number of rotatable bonds is 4. The summed E-state index contributed by atoms with van der Waals surface area (Å²) in [7, 11) is 1.84. The molecule has 0 aromatic carbocycles. The van der Waals surface area contributed by atoms with Crippen molar-refractivity contribution >= 4 is 6.29 Å². The third kappa shape index (κ3) is 2.78. The molecule has 12 heavy (non-hydrogen) atoms. The van der Waals surface area contributed by atoms with Crippen molar-refractivity contribution < 1.29 is 4.79 Å². The standard InChI is InChI=1S/C10H17NO/c1-11-10(8-12)7-9-5-3-2-4-6-9/h5,8,10-11H,2-4,6-7H2,1H3. The molecule has 0 aliphatic heterocycles. The molecule has 1 rings (SSSR count). The number of carbonyl (C=O) groups is 1. The highest BCUT2D eigenvalue weighted by Gasteiger charge is 2.09. The topological polar surface area (TPSA) is 29.1 Å². The number of hydrogen-bond donors (Lipinski definition) is 1. The first-order chi connectivity index (χ1) is 5.86. The van der Waals surface area contributed by atoms with Crippen molar-refractivity contribution in [3.8, 4) is 0 Å². The zero-order valence-corrected chi connectivity index (χ0v) is 7.68. The molecule has 2 heteroatoms. The molecular weight excluding hydrogens is 150 g/mol. The van der Waals surface area contributed by atoms with Crippen LogP contribution in [0.1, 0.15) is 32.1 Å². The van der Waals surface area contributed by atoms with Gasteiger partial charge in [0.25, 0.3) is 0 Å². The molecule has 68 valence electrons. The lowest BCUT2D eigenvalue weighted by atomic mass is 9.95. The van der Waals surface area contributed by atoms with Gasteiger partial charge in [0.1, 0.15) is 6.29 Å². The Balaban J connectivity index is 2.37. The molecule has 0 saturated carbocycles. The van der Waals surface area contributed by atoms with Gasteiger partial charge in [-0.15, -0.1) is 0 Å². The van der Waals surface area contributed by atoms with Crippen LogP contribution in [-0.4, -0.2) is 19.4 Å². The van der Waals surface area contributed by atoms with Gasteiger partial charge >= 0.3 is 0 Å². The van der Waals surface area contributed by atoms with Gasteiger partial charge in [-0.05, 0) is 39.2 Å². The monoisotopic (exact) mass is 167 g/mol. The van der Waals surface area contributed by atoms with Crippen LogP contribution in [0.15, 0.2) is 11.6 Å². The fourth-order valence-corrected chi connectivity index (χ4v) is 1.59. The van der Waals surface area contributed by atoms with E-state index >= 15 is 0 Å². The number of aldehydes is 1. The van der Waals surface area contributed by atoms with Crippen LogP contribution in [-0.2, 0) is 4.79 Å². The molecule has 0 heterocycles. The molecule has 1 atom stereocenters. The molecule has 1 aliphatic carbocycles. The summed E-state index contributed by atoms with van der Waals surface area (Å²) in [4.78, 5) is 10.5. The number of allylic oxidation sites excluding steroid dienone is 1. The second-order valence-corrected chi connectivity index (χ2v) is 3.34. The molecule has 0 aromatic heterocycles. The van der Waals surface area contributed by atoms with Crippen molar-refractivity contribution in [3.63, 3.8) is 0 Å². The van der Waals surface area contributed by atoms with Gasteiger partial charge in [0.15, 0.2) is 0 Å². The minimum atomic E-state index is 0.0225. The van der Waals surface area contributed by atoms with E-state index in [1.54, 1.807) is 0 Å². The van der Waals surface area contributed by atoms with Crippen LogP contribution in [0.5, 0.6) is 0 Å². The lowest BCUT2D eigenvalue weighted by Crippen LogP contribution is -2.27. The Morgan fingerprint density at radius 2 is 2.50 bits per heavy atom.